The van der Waals surface area contributed by atoms with E-state index in [0.29, 0.717) is 12.2 Å². The summed E-state index contributed by atoms with van der Waals surface area (Å²) in [4.78, 5) is 0. The van der Waals surface area contributed by atoms with Gasteiger partial charge in [0.25, 0.3) is 0 Å². The number of aromatic nitrogens is 3. The van der Waals surface area contributed by atoms with Crippen LogP contribution < -0.4 is 0 Å². The summed E-state index contributed by atoms with van der Waals surface area (Å²) < 4.78 is 1.94. The minimum atomic E-state index is 0.327. The van der Waals surface area contributed by atoms with Gasteiger partial charge >= 0.3 is 0 Å². The van der Waals surface area contributed by atoms with Crippen LogP contribution in [0.25, 0.3) is 0 Å². The van der Waals surface area contributed by atoms with E-state index in [1.165, 1.54) is 12.8 Å². The summed E-state index contributed by atoms with van der Waals surface area (Å²) in [6.45, 7) is 3.11. The Kier molecular flexibility index (Phi) is 2.38. The van der Waals surface area contributed by atoms with E-state index in [4.69, 9.17) is 7.85 Å². The Morgan fingerprint density at radius 1 is 1.69 bits per heavy atom. The molecule has 1 heterocycles. The molecule has 1 aromatic rings. The molecule has 0 bridgehead atoms. The summed E-state index contributed by atoms with van der Waals surface area (Å²) in [5.74, 6) is 1.18. The van der Waals surface area contributed by atoms with Crippen LogP contribution in [-0.4, -0.2) is 22.8 Å². The van der Waals surface area contributed by atoms with Gasteiger partial charge in [-0.2, -0.15) is 0 Å². The predicted molar refractivity (Wildman–Crippen MR) is 51.7 cm³/mol. The first-order valence-corrected chi connectivity index (χ1v) is 4.89. The topological polar surface area (TPSA) is 30.7 Å². The Morgan fingerprint density at radius 2 is 2.46 bits per heavy atom. The summed E-state index contributed by atoms with van der Waals surface area (Å²) in [6.07, 6.45) is 5.36. The molecule has 1 aliphatic carbocycles. The Bertz CT molecular complexity index is 280. The summed E-state index contributed by atoms with van der Waals surface area (Å²) in [7, 11) is 5.55. The molecule has 4 heteroatoms. The molecular formula is C9H14BN3. The first-order chi connectivity index (χ1) is 6.29. The van der Waals surface area contributed by atoms with Crippen LogP contribution in [0.2, 0.25) is 6.32 Å². The maximum atomic E-state index is 5.55. The summed E-state index contributed by atoms with van der Waals surface area (Å²) in [5.41, 5.74) is 1.02. The fourth-order valence-electron chi connectivity index (χ4n) is 1.31. The molecule has 0 aliphatic heterocycles. The van der Waals surface area contributed by atoms with Gasteiger partial charge in [0, 0.05) is 12.7 Å². The molecule has 0 saturated heterocycles. The molecule has 0 spiro atoms. The van der Waals surface area contributed by atoms with Crippen molar-refractivity contribution in [3.05, 3.63) is 11.9 Å². The lowest BCUT2D eigenvalue weighted by Crippen LogP contribution is -1.99. The van der Waals surface area contributed by atoms with Gasteiger partial charge in [-0.05, 0) is 24.7 Å². The molecule has 2 radical (unpaired) electrons. The van der Waals surface area contributed by atoms with Crippen molar-refractivity contribution in [3.8, 4) is 0 Å². The molecule has 0 aromatic carbocycles. The van der Waals surface area contributed by atoms with Crippen LogP contribution in [0, 0.1) is 5.92 Å². The van der Waals surface area contributed by atoms with Crippen molar-refractivity contribution < 1.29 is 0 Å². The van der Waals surface area contributed by atoms with Crippen molar-refractivity contribution in [2.45, 2.75) is 38.5 Å². The lowest BCUT2D eigenvalue weighted by atomic mass is 9.91. The van der Waals surface area contributed by atoms with E-state index in [1.807, 2.05) is 10.9 Å². The molecule has 3 nitrogen and oxygen atoms in total. The van der Waals surface area contributed by atoms with Gasteiger partial charge in [0.05, 0.1) is 13.5 Å². The molecule has 1 atom stereocenters. The second-order valence-corrected chi connectivity index (χ2v) is 3.95. The summed E-state index contributed by atoms with van der Waals surface area (Å²) in [6, 6.07) is 0. The molecule has 1 unspecified atom stereocenters. The van der Waals surface area contributed by atoms with Crippen LogP contribution in [-0.2, 0) is 6.54 Å². The van der Waals surface area contributed by atoms with E-state index >= 15 is 0 Å². The molecule has 0 amide bonds. The Balaban J connectivity index is 1.99. The van der Waals surface area contributed by atoms with Crippen LogP contribution in [0.4, 0.5) is 0 Å². The zero-order chi connectivity index (χ0) is 9.26. The lowest BCUT2D eigenvalue weighted by Gasteiger charge is -2.01. The second kappa shape index (κ2) is 3.52. The maximum Gasteiger partial charge on any atom is 0.0847 e. The van der Waals surface area contributed by atoms with Crippen molar-refractivity contribution in [2.24, 2.45) is 5.92 Å². The average molecular weight is 175 g/mol. The lowest BCUT2D eigenvalue weighted by molar-refractivity contribution is 0.544. The minimum Gasteiger partial charge on any atom is -0.252 e. The zero-order valence-corrected chi connectivity index (χ0v) is 7.98. The van der Waals surface area contributed by atoms with Gasteiger partial charge in [-0.15, -0.1) is 5.10 Å². The number of hydrogen-bond donors (Lipinski definition) is 0. The standard InChI is InChI=1S/C9H14BN3/c1-7(4-10)9-6-13(12-11-9)5-8-2-3-8/h6-8H,2-5H2,1H3. The normalized spacial score (nSPS) is 18.8. The van der Waals surface area contributed by atoms with Crippen LogP contribution in [0.5, 0.6) is 0 Å². The second-order valence-electron chi connectivity index (χ2n) is 3.95. The molecule has 1 fully saturated rings. The summed E-state index contributed by atoms with van der Waals surface area (Å²) in [5, 5.41) is 8.18. The van der Waals surface area contributed by atoms with Crippen molar-refractivity contribution in [2.75, 3.05) is 0 Å². The molecule has 1 aliphatic rings. The number of rotatable bonds is 4. The van der Waals surface area contributed by atoms with Gasteiger partial charge in [0.2, 0.25) is 0 Å². The molecular weight excluding hydrogens is 161 g/mol. The molecule has 1 saturated carbocycles. The fourth-order valence-corrected chi connectivity index (χ4v) is 1.31. The quantitative estimate of drug-likeness (QED) is 0.647. The molecule has 68 valence electrons. The van der Waals surface area contributed by atoms with Gasteiger partial charge in [-0.25, -0.2) is 0 Å². The van der Waals surface area contributed by atoms with Gasteiger partial charge in [0.15, 0.2) is 0 Å². The molecule has 2 rings (SSSR count). The average Bonchev–Trinajstić information content (AvgIpc) is 2.81. The highest BCUT2D eigenvalue weighted by Crippen LogP contribution is 2.30. The highest BCUT2D eigenvalue weighted by molar-refractivity contribution is 6.08. The largest absolute Gasteiger partial charge is 0.252 e. The first-order valence-electron chi connectivity index (χ1n) is 4.89. The van der Waals surface area contributed by atoms with Gasteiger partial charge in [-0.1, -0.05) is 18.5 Å². The predicted octanol–water partition coefficient (Wildman–Crippen LogP) is 1.38. The SMILES string of the molecule is [B]CC(C)c1cn(CC2CC2)nn1. The van der Waals surface area contributed by atoms with E-state index in [0.717, 1.165) is 18.2 Å². The number of nitrogens with zero attached hydrogens (tertiary/aromatic N) is 3. The van der Waals surface area contributed by atoms with E-state index in [1.54, 1.807) is 0 Å². The Morgan fingerprint density at radius 3 is 3.08 bits per heavy atom. The molecule has 1 aromatic heterocycles. The van der Waals surface area contributed by atoms with Crippen molar-refractivity contribution in [1.29, 1.82) is 0 Å². The highest BCUT2D eigenvalue weighted by atomic mass is 15.4. The van der Waals surface area contributed by atoms with Crippen LogP contribution in [0.15, 0.2) is 6.20 Å². The number of hydrogen-bond acceptors (Lipinski definition) is 2. The first kappa shape index (κ1) is 8.79. The van der Waals surface area contributed by atoms with E-state index in [9.17, 15) is 0 Å². The monoisotopic (exact) mass is 175 g/mol. The van der Waals surface area contributed by atoms with Crippen LogP contribution in [0.3, 0.4) is 0 Å². The third kappa shape index (κ3) is 2.11. The van der Waals surface area contributed by atoms with Crippen LogP contribution >= 0.6 is 0 Å². The molecule has 13 heavy (non-hydrogen) atoms. The Hall–Kier alpha value is -0.795. The van der Waals surface area contributed by atoms with Gasteiger partial charge < -0.3 is 0 Å². The minimum absolute atomic E-state index is 0.327. The van der Waals surface area contributed by atoms with Crippen molar-refractivity contribution in [1.82, 2.24) is 15.0 Å². The van der Waals surface area contributed by atoms with Gasteiger partial charge in [-0.3, -0.25) is 4.68 Å². The third-order valence-corrected chi connectivity index (χ3v) is 2.56. The molecule has 0 N–H and O–H groups in total. The van der Waals surface area contributed by atoms with Gasteiger partial charge in [0.1, 0.15) is 0 Å². The van der Waals surface area contributed by atoms with Crippen molar-refractivity contribution in [3.63, 3.8) is 0 Å². The smallest absolute Gasteiger partial charge is 0.0847 e. The summed E-state index contributed by atoms with van der Waals surface area (Å²) >= 11 is 0. The third-order valence-electron chi connectivity index (χ3n) is 2.56. The fraction of sp³-hybridized carbons (Fsp3) is 0.778. The maximum absolute atomic E-state index is 5.55. The van der Waals surface area contributed by atoms with E-state index in [-0.39, 0.29) is 0 Å². The van der Waals surface area contributed by atoms with Crippen molar-refractivity contribution >= 4 is 7.85 Å². The van der Waals surface area contributed by atoms with Crippen LogP contribution in [0.1, 0.15) is 31.4 Å². The van der Waals surface area contributed by atoms with E-state index < -0.39 is 0 Å². The Labute approximate surface area is 79.9 Å². The van der Waals surface area contributed by atoms with E-state index in [2.05, 4.69) is 17.2 Å². The highest BCUT2D eigenvalue weighted by Gasteiger charge is 2.22. The zero-order valence-electron chi connectivity index (χ0n) is 7.98.